The largest absolute Gasteiger partial charge is 0.496 e. The molecule has 0 amide bonds. The Bertz CT molecular complexity index is 652. The van der Waals surface area contributed by atoms with Crippen molar-refractivity contribution in [2.45, 2.75) is 20.0 Å². The van der Waals surface area contributed by atoms with Crippen LogP contribution in [0.2, 0.25) is 0 Å². The Morgan fingerprint density at radius 3 is 2.52 bits per heavy atom. The van der Waals surface area contributed by atoms with E-state index in [1.807, 2.05) is 25.1 Å². The molecule has 2 aromatic rings. The summed E-state index contributed by atoms with van der Waals surface area (Å²) in [4.78, 5) is 12.5. The summed E-state index contributed by atoms with van der Waals surface area (Å²) in [5.41, 5.74) is 7.84. The Hall–Kier alpha value is -2.49. The van der Waals surface area contributed by atoms with E-state index in [-0.39, 0.29) is 5.78 Å². The number of carbonyl (C=O) groups is 1. The molecule has 4 heteroatoms. The number of methoxy groups -OCH3 is 1. The first-order chi connectivity index (χ1) is 10.0. The lowest BCUT2D eigenvalue weighted by molar-refractivity contribution is 0.0816. The Morgan fingerprint density at radius 1 is 1.14 bits per heavy atom. The summed E-state index contributed by atoms with van der Waals surface area (Å²) in [6.45, 7) is 3.63. The molecule has 4 nitrogen and oxygen atoms in total. The number of ketones is 1. The lowest BCUT2D eigenvalue weighted by atomic mass is 10.0. The minimum Gasteiger partial charge on any atom is -0.496 e. The Morgan fingerprint density at radius 2 is 1.86 bits per heavy atom. The quantitative estimate of drug-likeness (QED) is 0.676. The van der Waals surface area contributed by atoms with Crippen LogP contribution in [0.1, 0.15) is 22.8 Å². The molecule has 0 radical (unpaired) electrons. The SMILES string of the molecule is COc1ccc(C)cc1C(=O)C(C)Oc1ccccc1N. The van der Waals surface area contributed by atoms with E-state index in [4.69, 9.17) is 15.2 Å². The number of para-hydroxylation sites is 2. The van der Waals surface area contributed by atoms with E-state index in [9.17, 15) is 4.79 Å². The van der Waals surface area contributed by atoms with E-state index in [1.54, 1.807) is 38.3 Å². The van der Waals surface area contributed by atoms with Crippen LogP contribution < -0.4 is 15.2 Å². The highest BCUT2D eigenvalue weighted by atomic mass is 16.5. The molecule has 0 fully saturated rings. The maximum absolute atomic E-state index is 12.5. The van der Waals surface area contributed by atoms with Crippen LogP contribution in [0.4, 0.5) is 5.69 Å². The van der Waals surface area contributed by atoms with Gasteiger partial charge in [-0.2, -0.15) is 0 Å². The van der Waals surface area contributed by atoms with Crippen molar-refractivity contribution in [3.05, 3.63) is 53.6 Å². The first kappa shape index (κ1) is 14.9. The van der Waals surface area contributed by atoms with Crippen molar-refractivity contribution in [1.82, 2.24) is 0 Å². The number of rotatable bonds is 5. The van der Waals surface area contributed by atoms with Gasteiger partial charge in [0.25, 0.3) is 0 Å². The third-order valence-electron chi connectivity index (χ3n) is 3.21. The van der Waals surface area contributed by atoms with E-state index in [0.717, 1.165) is 5.56 Å². The maximum atomic E-state index is 12.5. The summed E-state index contributed by atoms with van der Waals surface area (Å²) in [5.74, 6) is 0.908. The van der Waals surface area contributed by atoms with E-state index >= 15 is 0 Å². The number of hydrogen-bond acceptors (Lipinski definition) is 4. The molecule has 0 heterocycles. The summed E-state index contributed by atoms with van der Waals surface area (Å²) in [5, 5.41) is 0. The highest BCUT2D eigenvalue weighted by Gasteiger charge is 2.21. The highest BCUT2D eigenvalue weighted by molar-refractivity contribution is 6.02. The molecule has 0 bridgehead atoms. The summed E-state index contributed by atoms with van der Waals surface area (Å²) in [6.07, 6.45) is -0.648. The summed E-state index contributed by atoms with van der Waals surface area (Å²) < 4.78 is 10.9. The monoisotopic (exact) mass is 285 g/mol. The summed E-state index contributed by atoms with van der Waals surface area (Å²) in [6, 6.07) is 12.6. The fourth-order valence-corrected chi connectivity index (χ4v) is 2.07. The predicted molar refractivity (Wildman–Crippen MR) is 83.0 cm³/mol. The lowest BCUT2D eigenvalue weighted by Gasteiger charge is -2.17. The van der Waals surface area contributed by atoms with Gasteiger partial charge in [0.05, 0.1) is 18.4 Å². The lowest BCUT2D eigenvalue weighted by Crippen LogP contribution is -2.24. The van der Waals surface area contributed by atoms with Crippen molar-refractivity contribution in [1.29, 1.82) is 0 Å². The van der Waals surface area contributed by atoms with Crippen LogP contribution in [0.15, 0.2) is 42.5 Å². The number of anilines is 1. The van der Waals surface area contributed by atoms with Gasteiger partial charge in [-0.3, -0.25) is 4.79 Å². The van der Waals surface area contributed by atoms with Gasteiger partial charge in [0.15, 0.2) is 6.10 Å². The smallest absolute Gasteiger partial charge is 0.206 e. The summed E-state index contributed by atoms with van der Waals surface area (Å²) >= 11 is 0. The van der Waals surface area contributed by atoms with Crippen LogP contribution in [0.5, 0.6) is 11.5 Å². The van der Waals surface area contributed by atoms with Crippen LogP contribution in [0.25, 0.3) is 0 Å². The zero-order valence-electron chi connectivity index (χ0n) is 12.4. The van der Waals surface area contributed by atoms with Crippen LogP contribution in [0, 0.1) is 6.92 Å². The van der Waals surface area contributed by atoms with Gasteiger partial charge in [0.1, 0.15) is 11.5 Å². The van der Waals surface area contributed by atoms with Crippen molar-refractivity contribution in [2.24, 2.45) is 0 Å². The molecule has 1 atom stereocenters. The van der Waals surface area contributed by atoms with Crippen molar-refractivity contribution < 1.29 is 14.3 Å². The van der Waals surface area contributed by atoms with Crippen molar-refractivity contribution in [3.63, 3.8) is 0 Å². The molecule has 0 saturated heterocycles. The molecule has 0 saturated carbocycles. The van der Waals surface area contributed by atoms with Crippen LogP contribution in [0.3, 0.4) is 0 Å². The molecule has 0 aliphatic heterocycles. The molecule has 2 N–H and O–H groups in total. The molecule has 0 spiro atoms. The second-order valence-corrected chi connectivity index (χ2v) is 4.87. The number of Topliss-reactive ketones (excluding diaryl/α,β-unsaturated/α-hetero) is 1. The van der Waals surface area contributed by atoms with Gasteiger partial charge in [-0.15, -0.1) is 0 Å². The van der Waals surface area contributed by atoms with Gasteiger partial charge in [0.2, 0.25) is 5.78 Å². The number of benzene rings is 2. The number of carbonyl (C=O) groups excluding carboxylic acids is 1. The molecule has 1 unspecified atom stereocenters. The molecule has 2 rings (SSSR count). The van der Waals surface area contributed by atoms with Gasteiger partial charge in [-0.25, -0.2) is 0 Å². The number of nitrogen functional groups attached to an aromatic ring is 1. The minimum absolute atomic E-state index is 0.140. The molecule has 0 aliphatic rings. The second-order valence-electron chi connectivity index (χ2n) is 4.87. The van der Waals surface area contributed by atoms with E-state index in [1.165, 1.54) is 0 Å². The van der Waals surface area contributed by atoms with Crippen molar-refractivity contribution >= 4 is 11.5 Å². The van der Waals surface area contributed by atoms with Gasteiger partial charge >= 0.3 is 0 Å². The molecule has 0 aliphatic carbocycles. The average molecular weight is 285 g/mol. The Balaban J connectivity index is 2.24. The Kier molecular flexibility index (Phi) is 4.48. The van der Waals surface area contributed by atoms with Crippen LogP contribution >= 0.6 is 0 Å². The van der Waals surface area contributed by atoms with Crippen molar-refractivity contribution in [3.8, 4) is 11.5 Å². The van der Waals surface area contributed by atoms with Crippen LogP contribution in [-0.2, 0) is 0 Å². The third-order valence-corrected chi connectivity index (χ3v) is 3.21. The first-order valence-electron chi connectivity index (χ1n) is 6.73. The number of ether oxygens (including phenoxy) is 2. The molecule has 0 aromatic heterocycles. The molecule has 21 heavy (non-hydrogen) atoms. The minimum atomic E-state index is -0.648. The highest BCUT2D eigenvalue weighted by Crippen LogP contribution is 2.25. The van der Waals surface area contributed by atoms with Gasteiger partial charge < -0.3 is 15.2 Å². The number of nitrogens with two attached hydrogens (primary N) is 1. The second kappa shape index (κ2) is 6.31. The van der Waals surface area contributed by atoms with Gasteiger partial charge in [-0.05, 0) is 38.1 Å². The average Bonchev–Trinajstić information content (AvgIpc) is 2.48. The van der Waals surface area contributed by atoms with Gasteiger partial charge in [-0.1, -0.05) is 23.8 Å². The first-order valence-corrected chi connectivity index (χ1v) is 6.73. The fourth-order valence-electron chi connectivity index (χ4n) is 2.07. The van der Waals surface area contributed by atoms with E-state index in [2.05, 4.69) is 0 Å². The number of aryl methyl sites for hydroxylation is 1. The Labute approximate surface area is 124 Å². The zero-order chi connectivity index (χ0) is 15.4. The molecule has 2 aromatic carbocycles. The number of hydrogen-bond donors (Lipinski definition) is 1. The van der Waals surface area contributed by atoms with Crippen molar-refractivity contribution in [2.75, 3.05) is 12.8 Å². The topological polar surface area (TPSA) is 61.5 Å². The molecule has 110 valence electrons. The van der Waals surface area contributed by atoms with Gasteiger partial charge in [0, 0.05) is 0 Å². The third kappa shape index (κ3) is 3.34. The fraction of sp³-hybridized carbons (Fsp3) is 0.235. The summed E-state index contributed by atoms with van der Waals surface area (Å²) in [7, 11) is 1.54. The molecular formula is C17H19NO3. The predicted octanol–water partition coefficient (Wildman–Crippen LogP) is 3.24. The molecular weight excluding hydrogens is 266 g/mol. The van der Waals surface area contributed by atoms with E-state index in [0.29, 0.717) is 22.7 Å². The maximum Gasteiger partial charge on any atom is 0.206 e. The zero-order valence-corrected chi connectivity index (χ0v) is 12.4. The normalized spacial score (nSPS) is 11.8. The van der Waals surface area contributed by atoms with E-state index < -0.39 is 6.10 Å². The van der Waals surface area contributed by atoms with Crippen LogP contribution in [-0.4, -0.2) is 19.0 Å². The standard InChI is InChI=1S/C17H19NO3/c1-11-8-9-15(20-3)13(10-11)17(19)12(2)21-16-7-5-4-6-14(16)18/h4-10,12H,18H2,1-3H3.